The summed E-state index contributed by atoms with van der Waals surface area (Å²) < 4.78 is 11.4. The van der Waals surface area contributed by atoms with E-state index < -0.39 is 0 Å². The van der Waals surface area contributed by atoms with Gasteiger partial charge in [0.1, 0.15) is 0 Å². The van der Waals surface area contributed by atoms with Gasteiger partial charge < -0.3 is 14.8 Å². The summed E-state index contributed by atoms with van der Waals surface area (Å²) in [6.45, 7) is 8.28. The molecule has 0 radical (unpaired) electrons. The van der Waals surface area contributed by atoms with Gasteiger partial charge in [-0.25, -0.2) is 0 Å². The fourth-order valence-electron chi connectivity index (χ4n) is 4.27. The standard InChI is InChI=1S/C16H29NO2/c1-3-19-14-9-13(16(14)7-5-4-6-8-16)17-10-15(2)11-18-12-15/h13-14,17H,3-12H2,1-2H3. The molecule has 1 N–H and O–H groups in total. The fraction of sp³-hybridized carbons (Fsp3) is 1.00. The molecule has 0 aromatic rings. The second-order valence-corrected chi connectivity index (χ2v) is 7.21. The molecule has 1 heterocycles. The Labute approximate surface area is 117 Å². The van der Waals surface area contributed by atoms with Gasteiger partial charge in [0.25, 0.3) is 0 Å². The smallest absolute Gasteiger partial charge is 0.0661 e. The average molecular weight is 267 g/mol. The van der Waals surface area contributed by atoms with Gasteiger partial charge in [0.15, 0.2) is 0 Å². The number of hydrogen-bond donors (Lipinski definition) is 1. The van der Waals surface area contributed by atoms with Crippen LogP contribution in [0.1, 0.15) is 52.4 Å². The van der Waals surface area contributed by atoms with Crippen LogP contribution in [0.25, 0.3) is 0 Å². The Morgan fingerprint density at radius 1 is 1.21 bits per heavy atom. The summed E-state index contributed by atoms with van der Waals surface area (Å²) in [5.74, 6) is 0. The van der Waals surface area contributed by atoms with Crippen LogP contribution in [-0.4, -0.2) is 38.5 Å². The predicted octanol–water partition coefficient (Wildman–Crippen LogP) is 2.74. The largest absolute Gasteiger partial charge is 0.380 e. The van der Waals surface area contributed by atoms with Gasteiger partial charge in [-0.3, -0.25) is 0 Å². The van der Waals surface area contributed by atoms with Crippen molar-refractivity contribution in [2.45, 2.75) is 64.5 Å². The first-order chi connectivity index (χ1) is 9.19. The number of nitrogens with one attached hydrogen (secondary N) is 1. The third kappa shape index (κ3) is 2.45. The van der Waals surface area contributed by atoms with E-state index in [-0.39, 0.29) is 0 Å². The van der Waals surface area contributed by atoms with Crippen molar-refractivity contribution in [3.05, 3.63) is 0 Å². The van der Waals surface area contributed by atoms with Crippen molar-refractivity contribution in [2.75, 3.05) is 26.4 Å². The first-order valence-corrected chi connectivity index (χ1v) is 8.11. The van der Waals surface area contributed by atoms with Crippen molar-refractivity contribution >= 4 is 0 Å². The molecule has 3 rings (SSSR count). The van der Waals surface area contributed by atoms with Gasteiger partial charge >= 0.3 is 0 Å². The first kappa shape index (κ1) is 13.8. The lowest BCUT2D eigenvalue weighted by Gasteiger charge is -2.58. The molecule has 2 saturated carbocycles. The molecule has 19 heavy (non-hydrogen) atoms. The van der Waals surface area contributed by atoms with Crippen LogP contribution in [-0.2, 0) is 9.47 Å². The maximum absolute atomic E-state index is 6.01. The van der Waals surface area contributed by atoms with Crippen molar-refractivity contribution in [1.29, 1.82) is 0 Å². The SMILES string of the molecule is CCOC1CC(NCC2(C)COC2)C12CCCCC2. The molecule has 1 spiro atoms. The lowest BCUT2D eigenvalue weighted by molar-refractivity contribution is -0.158. The summed E-state index contributed by atoms with van der Waals surface area (Å²) in [4.78, 5) is 0. The van der Waals surface area contributed by atoms with E-state index in [0.717, 1.165) is 26.4 Å². The van der Waals surface area contributed by atoms with Crippen LogP contribution in [0.4, 0.5) is 0 Å². The highest BCUT2D eigenvalue weighted by molar-refractivity contribution is 5.09. The Morgan fingerprint density at radius 3 is 2.53 bits per heavy atom. The third-order valence-corrected chi connectivity index (χ3v) is 5.61. The highest BCUT2D eigenvalue weighted by atomic mass is 16.5. The van der Waals surface area contributed by atoms with E-state index in [1.54, 1.807) is 0 Å². The predicted molar refractivity (Wildman–Crippen MR) is 76.3 cm³/mol. The van der Waals surface area contributed by atoms with Gasteiger partial charge in [-0.15, -0.1) is 0 Å². The Morgan fingerprint density at radius 2 is 1.95 bits per heavy atom. The maximum atomic E-state index is 6.01. The van der Waals surface area contributed by atoms with Gasteiger partial charge in [0.05, 0.1) is 19.3 Å². The quantitative estimate of drug-likeness (QED) is 0.831. The second kappa shape index (κ2) is 5.34. The topological polar surface area (TPSA) is 30.5 Å². The van der Waals surface area contributed by atoms with Crippen LogP contribution in [0.5, 0.6) is 0 Å². The van der Waals surface area contributed by atoms with E-state index in [1.807, 2.05) is 0 Å². The molecule has 3 heteroatoms. The van der Waals surface area contributed by atoms with E-state index in [1.165, 1.54) is 38.5 Å². The van der Waals surface area contributed by atoms with Crippen molar-refractivity contribution in [1.82, 2.24) is 5.32 Å². The number of ether oxygens (including phenoxy) is 2. The third-order valence-electron chi connectivity index (χ3n) is 5.61. The van der Waals surface area contributed by atoms with Gasteiger partial charge in [0.2, 0.25) is 0 Å². The molecule has 0 aromatic carbocycles. The molecule has 2 unspecified atom stereocenters. The monoisotopic (exact) mass is 267 g/mol. The van der Waals surface area contributed by atoms with E-state index in [0.29, 0.717) is 23.0 Å². The van der Waals surface area contributed by atoms with Crippen LogP contribution in [0.2, 0.25) is 0 Å². The summed E-state index contributed by atoms with van der Waals surface area (Å²) in [5, 5.41) is 3.85. The molecule has 3 aliphatic rings. The van der Waals surface area contributed by atoms with Crippen LogP contribution in [0, 0.1) is 10.8 Å². The Bertz CT molecular complexity index is 308. The molecule has 3 nitrogen and oxygen atoms in total. The summed E-state index contributed by atoms with van der Waals surface area (Å²) >= 11 is 0. The van der Waals surface area contributed by atoms with E-state index in [9.17, 15) is 0 Å². The van der Waals surface area contributed by atoms with Crippen LogP contribution in [0.15, 0.2) is 0 Å². The molecule has 0 aromatic heterocycles. The second-order valence-electron chi connectivity index (χ2n) is 7.21. The molecule has 2 atom stereocenters. The first-order valence-electron chi connectivity index (χ1n) is 8.11. The Kier molecular flexibility index (Phi) is 3.89. The minimum atomic E-state index is 0.382. The highest BCUT2D eigenvalue weighted by Crippen LogP contribution is 2.53. The van der Waals surface area contributed by atoms with Gasteiger partial charge in [-0.1, -0.05) is 26.2 Å². The summed E-state index contributed by atoms with van der Waals surface area (Å²) in [6.07, 6.45) is 8.65. The molecule has 110 valence electrons. The zero-order chi connectivity index (χ0) is 13.3. The molecule has 3 fully saturated rings. The minimum absolute atomic E-state index is 0.382. The summed E-state index contributed by atoms with van der Waals surface area (Å²) in [6, 6.07) is 0.682. The molecule has 1 saturated heterocycles. The van der Waals surface area contributed by atoms with Crippen molar-refractivity contribution in [3.63, 3.8) is 0 Å². The van der Waals surface area contributed by atoms with Crippen molar-refractivity contribution < 1.29 is 9.47 Å². The van der Waals surface area contributed by atoms with Crippen LogP contribution >= 0.6 is 0 Å². The zero-order valence-corrected chi connectivity index (χ0v) is 12.5. The zero-order valence-electron chi connectivity index (χ0n) is 12.5. The summed E-state index contributed by atoms with van der Waals surface area (Å²) in [5.41, 5.74) is 0.835. The van der Waals surface area contributed by atoms with E-state index in [2.05, 4.69) is 19.2 Å². The summed E-state index contributed by atoms with van der Waals surface area (Å²) in [7, 11) is 0. The Balaban J connectivity index is 1.58. The molecule has 0 amide bonds. The van der Waals surface area contributed by atoms with E-state index >= 15 is 0 Å². The van der Waals surface area contributed by atoms with E-state index in [4.69, 9.17) is 9.47 Å². The molecule has 1 aliphatic heterocycles. The van der Waals surface area contributed by atoms with Crippen molar-refractivity contribution in [2.24, 2.45) is 10.8 Å². The fourth-order valence-corrected chi connectivity index (χ4v) is 4.27. The molecular formula is C16H29NO2. The van der Waals surface area contributed by atoms with Gasteiger partial charge in [-0.05, 0) is 26.2 Å². The molecule has 2 aliphatic carbocycles. The van der Waals surface area contributed by atoms with Crippen LogP contribution in [0.3, 0.4) is 0 Å². The lowest BCUT2D eigenvalue weighted by atomic mass is 9.55. The number of hydrogen-bond acceptors (Lipinski definition) is 3. The maximum Gasteiger partial charge on any atom is 0.0661 e. The van der Waals surface area contributed by atoms with Crippen molar-refractivity contribution in [3.8, 4) is 0 Å². The minimum Gasteiger partial charge on any atom is -0.380 e. The number of rotatable bonds is 5. The highest BCUT2D eigenvalue weighted by Gasteiger charge is 2.55. The lowest BCUT2D eigenvalue weighted by Crippen LogP contribution is -2.66. The molecule has 0 bridgehead atoms. The Hall–Kier alpha value is -0.120. The van der Waals surface area contributed by atoms with Gasteiger partial charge in [0, 0.05) is 30.0 Å². The molecular weight excluding hydrogens is 238 g/mol. The van der Waals surface area contributed by atoms with Gasteiger partial charge in [-0.2, -0.15) is 0 Å². The average Bonchev–Trinajstić information content (AvgIpc) is 2.41. The van der Waals surface area contributed by atoms with Crippen LogP contribution < -0.4 is 5.32 Å². The normalized spacial score (nSPS) is 35.7.